The molecule has 53 heavy (non-hydrogen) atoms. The van der Waals surface area contributed by atoms with Crippen LogP contribution in [0.4, 0.5) is 0 Å². The summed E-state index contributed by atoms with van der Waals surface area (Å²) in [6.45, 7) is 0. The number of imidazole rings is 1. The molecular weight excluding hydrogens is 645 g/mol. The molecule has 0 N–H and O–H groups in total. The molecule has 0 radical (unpaired) electrons. The monoisotopic (exact) mass is 676 g/mol. The van der Waals surface area contributed by atoms with Gasteiger partial charge in [-0.1, -0.05) is 152 Å². The number of benzene rings is 8. The minimum absolute atomic E-state index is 0.647. The Morgan fingerprint density at radius 1 is 0.396 bits per heavy atom. The van der Waals surface area contributed by atoms with E-state index in [1.807, 2.05) is 6.07 Å². The lowest BCUT2D eigenvalue weighted by molar-refractivity contribution is 0.435. The van der Waals surface area contributed by atoms with Crippen LogP contribution in [0.2, 0.25) is 0 Å². The zero-order valence-corrected chi connectivity index (χ0v) is 28.8. The van der Waals surface area contributed by atoms with Crippen LogP contribution in [0.15, 0.2) is 194 Å². The summed E-state index contributed by atoms with van der Waals surface area (Å²) in [6, 6.07) is 69.7. The molecule has 0 unspecified atom stereocenters. The lowest BCUT2D eigenvalue weighted by atomic mass is 9.62. The average molecular weight is 677 g/mol. The molecule has 1 aliphatic carbocycles. The van der Waals surface area contributed by atoms with Crippen molar-refractivity contribution >= 4 is 11.0 Å². The van der Waals surface area contributed by atoms with E-state index in [0.717, 1.165) is 61.9 Å². The van der Waals surface area contributed by atoms with E-state index in [9.17, 15) is 0 Å². The van der Waals surface area contributed by atoms with Gasteiger partial charge in [0.2, 0.25) is 0 Å². The van der Waals surface area contributed by atoms with Gasteiger partial charge in [0.05, 0.1) is 16.4 Å². The number of aromatic nitrogens is 2. The number of para-hydroxylation sites is 3. The second-order valence-corrected chi connectivity index (χ2v) is 13.9. The first-order valence-corrected chi connectivity index (χ1v) is 18.1. The van der Waals surface area contributed by atoms with Crippen molar-refractivity contribution in [2.45, 2.75) is 5.41 Å². The van der Waals surface area contributed by atoms with E-state index in [1.165, 1.54) is 33.4 Å². The van der Waals surface area contributed by atoms with Crippen LogP contribution in [0, 0.1) is 0 Å². The van der Waals surface area contributed by atoms with Gasteiger partial charge in [-0.05, 0) is 87.0 Å². The van der Waals surface area contributed by atoms with Crippen LogP contribution in [0.5, 0.6) is 11.5 Å². The Bertz CT molecular complexity index is 2820. The molecule has 1 aromatic heterocycles. The molecule has 248 valence electrons. The predicted molar refractivity (Wildman–Crippen MR) is 215 cm³/mol. The molecule has 0 saturated heterocycles. The van der Waals surface area contributed by atoms with Crippen LogP contribution in [0.3, 0.4) is 0 Å². The van der Waals surface area contributed by atoms with E-state index in [0.29, 0.717) is 0 Å². The zero-order valence-electron chi connectivity index (χ0n) is 28.8. The SMILES string of the molecule is c1ccc(-c2nc3cc(-c4ccc5c(c4)C4(c6ccccc6Oc6ccccc64)c4ccccc4-c4ccccc4-5)ccc3n2-c2ccccc2)cc1. The number of hydrogen-bond donors (Lipinski definition) is 0. The van der Waals surface area contributed by atoms with Gasteiger partial charge in [0.25, 0.3) is 0 Å². The summed E-state index contributed by atoms with van der Waals surface area (Å²) in [5, 5.41) is 0. The first-order chi connectivity index (χ1) is 26.3. The molecule has 0 amide bonds. The third kappa shape index (κ3) is 4.31. The molecule has 1 aliphatic heterocycles. The van der Waals surface area contributed by atoms with Gasteiger partial charge < -0.3 is 4.74 Å². The zero-order chi connectivity index (χ0) is 34.9. The Hall–Kier alpha value is -6.97. The van der Waals surface area contributed by atoms with Crippen molar-refractivity contribution in [2.24, 2.45) is 0 Å². The Labute approximate surface area is 308 Å². The summed E-state index contributed by atoms with van der Waals surface area (Å²) in [4.78, 5) is 5.30. The summed E-state index contributed by atoms with van der Waals surface area (Å²) in [6.07, 6.45) is 0. The van der Waals surface area contributed by atoms with E-state index in [-0.39, 0.29) is 0 Å². The normalized spacial score (nSPS) is 13.2. The molecule has 0 fully saturated rings. The van der Waals surface area contributed by atoms with Crippen LogP contribution in [0.1, 0.15) is 22.3 Å². The van der Waals surface area contributed by atoms with Crippen LogP contribution in [-0.4, -0.2) is 9.55 Å². The van der Waals surface area contributed by atoms with Gasteiger partial charge in [-0.25, -0.2) is 4.98 Å². The van der Waals surface area contributed by atoms with Gasteiger partial charge in [-0.3, -0.25) is 4.57 Å². The molecule has 3 heteroatoms. The molecular formula is C50H32N2O. The Balaban J connectivity index is 1.21. The van der Waals surface area contributed by atoms with Crippen LogP contribution < -0.4 is 4.74 Å². The highest BCUT2D eigenvalue weighted by atomic mass is 16.5. The van der Waals surface area contributed by atoms with Gasteiger partial charge in [0, 0.05) is 22.4 Å². The molecule has 11 rings (SSSR count). The molecule has 9 aromatic rings. The molecule has 0 atom stereocenters. The molecule has 3 nitrogen and oxygen atoms in total. The van der Waals surface area contributed by atoms with Crippen molar-refractivity contribution in [3.8, 4) is 62.0 Å². The minimum Gasteiger partial charge on any atom is -0.457 e. The highest BCUT2D eigenvalue weighted by Gasteiger charge is 2.49. The lowest BCUT2D eigenvalue weighted by Crippen LogP contribution is -2.34. The largest absolute Gasteiger partial charge is 0.457 e. The maximum atomic E-state index is 6.69. The van der Waals surface area contributed by atoms with E-state index < -0.39 is 5.41 Å². The number of hydrogen-bond acceptors (Lipinski definition) is 2. The molecule has 1 spiro atoms. The van der Waals surface area contributed by atoms with Gasteiger partial charge in [-0.2, -0.15) is 0 Å². The maximum Gasteiger partial charge on any atom is 0.145 e. The van der Waals surface area contributed by atoms with Crippen molar-refractivity contribution in [1.29, 1.82) is 0 Å². The number of fused-ring (bicyclic) bond motifs is 12. The Kier molecular flexibility index (Phi) is 6.47. The first-order valence-electron chi connectivity index (χ1n) is 18.1. The van der Waals surface area contributed by atoms with E-state index in [2.05, 4.69) is 193 Å². The second kappa shape index (κ2) is 11.5. The van der Waals surface area contributed by atoms with Crippen LogP contribution >= 0.6 is 0 Å². The topological polar surface area (TPSA) is 27.1 Å². The van der Waals surface area contributed by atoms with Gasteiger partial charge in [0.1, 0.15) is 17.3 Å². The summed E-state index contributed by atoms with van der Waals surface area (Å²) < 4.78 is 8.96. The van der Waals surface area contributed by atoms with E-state index in [1.54, 1.807) is 0 Å². The second-order valence-electron chi connectivity index (χ2n) is 13.9. The third-order valence-electron chi connectivity index (χ3n) is 11.1. The smallest absolute Gasteiger partial charge is 0.145 e. The fourth-order valence-corrected chi connectivity index (χ4v) is 8.87. The fourth-order valence-electron chi connectivity index (χ4n) is 8.87. The van der Waals surface area contributed by atoms with Gasteiger partial charge >= 0.3 is 0 Å². The maximum absolute atomic E-state index is 6.69. The highest BCUT2D eigenvalue weighted by molar-refractivity contribution is 5.95. The van der Waals surface area contributed by atoms with E-state index in [4.69, 9.17) is 9.72 Å². The van der Waals surface area contributed by atoms with Crippen molar-refractivity contribution < 1.29 is 4.74 Å². The van der Waals surface area contributed by atoms with E-state index >= 15 is 0 Å². The lowest BCUT2D eigenvalue weighted by Gasteiger charge is -2.42. The average Bonchev–Trinajstić information content (AvgIpc) is 3.58. The minimum atomic E-state index is -0.647. The highest BCUT2D eigenvalue weighted by Crippen LogP contribution is 2.61. The summed E-state index contributed by atoms with van der Waals surface area (Å²) in [5.74, 6) is 2.68. The Morgan fingerprint density at radius 3 is 1.62 bits per heavy atom. The molecule has 2 heterocycles. The summed E-state index contributed by atoms with van der Waals surface area (Å²) >= 11 is 0. The first kappa shape index (κ1) is 29.7. The van der Waals surface area contributed by atoms with Gasteiger partial charge in [-0.15, -0.1) is 0 Å². The van der Waals surface area contributed by atoms with Crippen molar-refractivity contribution in [3.63, 3.8) is 0 Å². The van der Waals surface area contributed by atoms with Crippen molar-refractivity contribution in [3.05, 3.63) is 216 Å². The molecule has 0 saturated carbocycles. The number of nitrogens with zero attached hydrogens (tertiary/aromatic N) is 2. The van der Waals surface area contributed by atoms with Crippen molar-refractivity contribution in [2.75, 3.05) is 0 Å². The predicted octanol–water partition coefficient (Wildman–Crippen LogP) is 12.5. The molecule has 8 aromatic carbocycles. The third-order valence-corrected chi connectivity index (χ3v) is 11.1. The molecule has 0 bridgehead atoms. The van der Waals surface area contributed by atoms with Gasteiger partial charge in [0.15, 0.2) is 0 Å². The standard InChI is InChI=1S/C50H32N2O/c1-3-15-33(16-4-1)49-51-45-32-35(28-30-46(45)52(49)36-17-5-2-6-18-36)34-27-29-40-38-20-8-7-19-37(38)39-21-9-10-22-41(39)50(44(40)31-34)42-23-11-13-25-47(42)53-48-26-14-12-24-43(48)50/h1-32H. The van der Waals surface area contributed by atoms with Crippen LogP contribution in [-0.2, 0) is 5.41 Å². The molecule has 2 aliphatic rings. The number of rotatable bonds is 3. The van der Waals surface area contributed by atoms with Crippen LogP contribution in [0.25, 0.3) is 61.5 Å². The summed E-state index contributed by atoms with van der Waals surface area (Å²) in [5.41, 5.74) is 15.5. The quantitative estimate of drug-likeness (QED) is 0.186. The van der Waals surface area contributed by atoms with Crippen molar-refractivity contribution in [1.82, 2.24) is 9.55 Å². The summed E-state index contributed by atoms with van der Waals surface area (Å²) in [7, 11) is 0. The fraction of sp³-hybridized carbons (Fsp3) is 0.0200. The number of ether oxygens (including phenoxy) is 1. The Morgan fingerprint density at radius 2 is 0.925 bits per heavy atom.